The van der Waals surface area contributed by atoms with Gasteiger partial charge in [0.1, 0.15) is 0 Å². The van der Waals surface area contributed by atoms with Crippen molar-refractivity contribution in [2.45, 2.75) is 64.5 Å². The standard InChI is InChI=1S/C15H29N3O.ClH/c1-15(2)11-18(9-7-13(15)16)10-8-14(19)17-12-5-3-4-6-12;/h12-13H,3-11,16H2,1-2H3,(H,17,19);1H. The number of rotatable bonds is 4. The first-order valence-corrected chi connectivity index (χ1v) is 7.75. The fourth-order valence-corrected chi connectivity index (χ4v) is 3.31. The molecule has 1 unspecified atom stereocenters. The van der Waals surface area contributed by atoms with E-state index in [0.717, 1.165) is 38.9 Å². The minimum absolute atomic E-state index is 0. The second-order valence-corrected chi connectivity index (χ2v) is 6.96. The number of amides is 1. The number of nitrogens with zero attached hydrogens (tertiary/aromatic N) is 1. The molecule has 3 N–H and O–H groups in total. The lowest BCUT2D eigenvalue weighted by atomic mass is 9.79. The number of hydrogen-bond donors (Lipinski definition) is 2. The molecule has 1 amide bonds. The van der Waals surface area contributed by atoms with E-state index in [4.69, 9.17) is 5.73 Å². The maximum Gasteiger partial charge on any atom is 0.221 e. The highest BCUT2D eigenvalue weighted by molar-refractivity contribution is 5.85. The van der Waals surface area contributed by atoms with Gasteiger partial charge < -0.3 is 16.0 Å². The van der Waals surface area contributed by atoms with Crippen LogP contribution in [0.2, 0.25) is 0 Å². The molecule has 2 fully saturated rings. The van der Waals surface area contributed by atoms with Crippen LogP contribution < -0.4 is 11.1 Å². The van der Waals surface area contributed by atoms with Crippen molar-refractivity contribution in [1.82, 2.24) is 10.2 Å². The van der Waals surface area contributed by atoms with Gasteiger partial charge in [-0.15, -0.1) is 12.4 Å². The zero-order valence-electron chi connectivity index (χ0n) is 12.9. The molecule has 0 aromatic rings. The third-order valence-corrected chi connectivity index (χ3v) is 4.77. The van der Waals surface area contributed by atoms with Crippen LogP contribution in [0.4, 0.5) is 0 Å². The Morgan fingerprint density at radius 2 is 1.95 bits per heavy atom. The van der Waals surface area contributed by atoms with Gasteiger partial charge in [0.2, 0.25) is 5.91 Å². The highest BCUT2D eigenvalue weighted by atomic mass is 35.5. The summed E-state index contributed by atoms with van der Waals surface area (Å²) in [5, 5.41) is 3.16. The summed E-state index contributed by atoms with van der Waals surface area (Å²) >= 11 is 0. The molecule has 1 aliphatic heterocycles. The number of nitrogens with one attached hydrogen (secondary N) is 1. The molecule has 1 atom stereocenters. The van der Waals surface area contributed by atoms with Crippen molar-refractivity contribution >= 4 is 18.3 Å². The quantitative estimate of drug-likeness (QED) is 0.834. The number of nitrogens with two attached hydrogens (primary N) is 1. The van der Waals surface area contributed by atoms with Gasteiger partial charge in [-0.2, -0.15) is 0 Å². The smallest absolute Gasteiger partial charge is 0.221 e. The molecule has 1 saturated heterocycles. The van der Waals surface area contributed by atoms with E-state index in [9.17, 15) is 4.79 Å². The third kappa shape index (κ3) is 4.90. The van der Waals surface area contributed by atoms with Crippen molar-refractivity contribution in [3.05, 3.63) is 0 Å². The highest BCUT2D eigenvalue weighted by Crippen LogP contribution is 2.27. The van der Waals surface area contributed by atoms with Gasteiger partial charge in [-0.3, -0.25) is 4.79 Å². The first-order chi connectivity index (χ1) is 8.97. The summed E-state index contributed by atoms with van der Waals surface area (Å²) in [6.45, 7) is 7.35. The van der Waals surface area contributed by atoms with Crippen LogP contribution in [0.1, 0.15) is 52.4 Å². The zero-order chi connectivity index (χ0) is 13.9. The summed E-state index contributed by atoms with van der Waals surface area (Å²) in [6, 6.07) is 0.731. The topological polar surface area (TPSA) is 58.4 Å². The molecule has 1 aliphatic carbocycles. The average Bonchev–Trinajstić information content (AvgIpc) is 2.83. The number of piperidine rings is 1. The van der Waals surface area contributed by atoms with Crippen LogP contribution in [0, 0.1) is 5.41 Å². The van der Waals surface area contributed by atoms with Crippen molar-refractivity contribution in [3.63, 3.8) is 0 Å². The normalized spacial score (nSPS) is 27.1. The second kappa shape index (κ2) is 7.62. The van der Waals surface area contributed by atoms with Gasteiger partial charge in [-0.25, -0.2) is 0 Å². The Balaban J connectivity index is 0.00000200. The van der Waals surface area contributed by atoms with Gasteiger partial charge in [0.15, 0.2) is 0 Å². The molecule has 0 spiro atoms. The maximum absolute atomic E-state index is 11.9. The van der Waals surface area contributed by atoms with E-state index in [1.807, 2.05) is 0 Å². The van der Waals surface area contributed by atoms with Gasteiger partial charge in [0, 0.05) is 31.6 Å². The van der Waals surface area contributed by atoms with E-state index in [-0.39, 0.29) is 29.8 Å². The van der Waals surface area contributed by atoms with E-state index >= 15 is 0 Å². The first-order valence-electron chi connectivity index (χ1n) is 7.75. The predicted molar refractivity (Wildman–Crippen MR) is 85.1 cm³/mol. The maximum atomic E-state index is 11.9. The number of halogens is 1. The molecular weight excluding hydrogens is 274 g/mol. The highest BCUT2D eigenvalue weighted by Gasteiger charge is 2.33. The van der Waals surface area contributed by atoms with Crippen molar-refractivity contribution in [3.8, 4) is 0 Å². The Morgan fingerprint density at radius 1 is 1.30 bits per heavy atom. The van der Waals surface area contributed by atoms with E-state index in [1.165, 1.54) is 12.8 Å². The molecule has 118 valence electrons. The molecular formula is C15H30ClN3O. The van der Waals surface area contributed by atoms with Crippen LogP contribution in [0.3, 0.4) is 0 Å². The van der Waals surface area contributed by atoms with E-state index in [0.29, 0.717) is 12.5 Å². The van der Waals surface area contributed by atoms with Crippen molar-refractivity contribution in [2.75, 3.05) is 19.6 Å². The van der Waals surface area contributed by atoms with Crippen LogP contribution in [0.15, 0.2) is 0 Å². The third-order valence-electron chi connectivity index (χ3n) is 4.77. The van der Waals surface area contributed by atoms with Gasteiger partial charge in [0.05, 0.1) is 0 Å². The minimum Gasteiger partial charge on any atom is -0.353 e. The Bertz CT molecular complexity index is 316. The number of likely N-dealkylation sites (tertiary alicyclic amines) is 1. The Hall–Kier alpha value is -0.320. The predicted octanol–water partition coefficient (Wildman–Crippen LogP) is 1.92. The largest absolute Gasteiger partial charge is 0.353 e. The van der Waals surface area contributed by atoms with Crippen LogP contribution in [-0.2, 0) is 4.79 Å². The summed E-state index contributed by atoms with van der Waals surface area (Å²) in [4.78, 5) is 14.3. The van der Waals surface area contributed by atoms with Crippen molar-refractivity contribution < 1.29 is 4.79 Å². The lowest BCUT2D eigenvalue weighted by molar-refractivity contribution is -0.122. The molecule has 5 heteroatoms. The van der Waals surface area contributed by atoms with E-state index in [2.05, 4.69) is 24.1 Å². The van der Waals surface area contributed by atoms with E-state index in [1.54, 1.807) is 0 Å². The van der Waals surface area contributed by atoms with Gasteiger partial charge >= 0.3 is 0 Å². The van der Waals surface area contributed by atoms with Gasteiger partial charge in [0.25, 0.3) is 0 Å². The average molecular weight is 304 g/mol. The van der Waals surface area contributed by atoms with Crippen LogP contribution >= 0.6 is 12.4 Å². The fourth-order valence-electron chi connectivity index (χ4n) is 3.31. The number of carbonyl (C=O) groups excluding carboxylic acids is 1. The molecule has 0 aromatic heterocycles. The Morgan fingerprint density at radius 3 is 2.55 bits per heavy atom. The van der Waals surface area contributed by atoms with Crippen molar-refractivity contribution in [1.29, 1.82) is 0 Å². The monoisotopic (exact) mass is 303 g/mol. The summed E-state index contributed by atoms with van der Waals surface area (Å²) in [7, 11) is 0. The minimum atomic E-state index is 0. The summed E-state index contributed by atoms with van der Waals surface area (Å²) in [6.07, 6.45) is 6.53. The van der Waals surface area contributed by atoms with Crippen LogP contribution in [-0.4, -0.2) is 42.5 Å². The SMILES string of the molecule is CC1(C)CN(CCC(=O)NC2CCCC2)CCC1N.Cl. The molecule has 4 nitrogen and oxygen atoms in total. The van der Waals surface area contributed by atoms with Crippen molar-refractivity contribution in [2.24, 2.45) is 11.1 Å². The molecule has 0 radical (unpaired) electrons. The fraction of sp³-hybridized carbons (Fsp3) is 0.933. The lowest BCUT2D eigenvalue weighted by Gasteiger charge is -2.42. The molecule has 1 saturated carbocycles. The van der Waals surface area contributed by atoms with Gasteiger partial charge in [-0.1, -0.05) is 26.7 Å². The summed E-state index contributed by atoms with van der Waals surface area (Å²) in [5.74, 6) is 0.222. The molecule has 2 rings (SSSR count). The summed E-state index contributed by atoms with van der Waals surface area (Å²) in [5.41, 5.74) is 6.30. The Labute approximate surface area is 129 Å². The number of carbonyl (C=O) groups is 1. The van der Waals surface area contributed by atoms with E-state index < -0.39 is 0 Å². The molecule has 0 bridgehead atoms. The molecule has 20 heavy (non-hydrogen) atoms. The van der Waals surface area contributed by atoms with Crippen LogP contribution in [0.5, 0.6) is 0 Å². The zero-order valence-corrected chi connectivity index (χ0v) is 13.7. The molecule has 2 aliphatic rings. The molecule has 0 aromatic carbocycles. The second-order valence-electron chi connectivity index (χ2n) is 6.96. The Kier molecular flexibility index (Phi) is 6.76. The first kappa shape index (κ1) is 17.7. The number of hydrogen-bond acceptors (Lipinski definition) is 3. The summed E-state index contributed by atoms with van der Waals surface area (Å²) < 4.78 is 0. The van der Waals surface area contributed by atoms with Crippen LogP contribution in [0.25, 0.3) is 0 Å². The lowest BCUT2D eigenvalue weighted by Crippen LogP contribution is -2.52. The molecule has 1 heterocycles. The van der Waals surface area contributed by atoms with Gasteiger partial charge in [-0.05, 0) is 31.2 Å².